The second-order valence-electron chi connectivity index (χ2n) is 6.66. The second kappa shape index (κ2) is 7.11. The van der Waals surface area contributed by atoms with Crippen molar-refractivity contribution in [3.63, 3.8) is 0 Å². The van der Waals surface area contributed by atoms with Crippen LogP contribution in [0.25, 0.3) is 0 Å². The molecule has 0 aromatic heterocycles. The SMILES string of the molecule is O=C(NC1CCS(=O)(=O)C1)C1CCCC(=O)N1Cc1ccc(F)cc1. The average Bonchev–Trinajstić information content (AvgIpc) is 2.90. The maximum absolute atomic E-state index is 13.0. The maximum atomic E-state index is 13.0. The first kappa shape index (κ1) is 17.8. The Bertz CT molecular complexity index is 763. The smallest absolute Gasteiger partial charge is 0.243 e. The number of likely N-dealkylation sites (tertiary alicyclic amines) is 1. The van der Waals surface area contributed by atoms with Crippen LogP contribution in [-0.4, -0.2) is 48.7 Å². The fraction of sp³-hybridized carbons (Fsp3) is 0.529. The van der Waals surface area contributed by atoms with E-state index in [-0.39, 0.29) is 41.7 Å². The molecule has 3 rings (SSSR count). The highest BCUT2D eigenvalue weighted by Gasteiger charge is 2.36. The molecular formula is C17H21FN2O4S. The van der Waals surface area contributed by atoms with Gasteiger partial charge in [0, 0.05) is 19.0 Å². The molecule has 2 saturated heterocycles. The summed E-state index contributed by atoms with van der Waals surface area (Å²) < 4.78 is 36.1. The van der Waals surface area contributed by atoms with Crippen LogP contribution in [0.5, 0.6) is 0 Å². The molecule has 2 atom stereocenters. The van der Waals surface area contributed by atoms with E-state index in [0.29, 0.717) is 25.7 Å². The van der Waals surface area contributed by atoms with Gasteiger partial charge in [-0.3, -0.25) is 9.59 Å². The third-order valence-corrected chi connectivity index (χ3v) is 6.48. The average molecular weight is 368 g/mol. The Kier molecular flexibility index (Phi) is 5.08. The molecule has 2 heterocycles. The fourth-order valence-electron chi connectivity index (χ4n) is 3.38. The molecule has 0 radical (unpaired) electrons. The molecule has 2 unspecified atom stereocenters. The number of piperidine rings is 1. The highest BCUT2D eigenvalue weighted by molar-refractivity contribution is 7.91. The van der Waals surface area contributed by atoms with E-state index in [0.717, 1.165) is 5.56 Å². The van der Waals surface area contributed by atoms with E-state index in [1.165, 1.54) is 17.0 Å². The number of hydrogen-bond acceptors (Lipinski definition) is 4. The summed E-state index contributed by atoms with van der Waals surface area (Å²) in [5.74, 6) is -0.740. The number of amides is 2. The van der Waals surface area contributed by atoms with Gasteiger partial charge in [-0.2, -0.15) is 0 Å². The number of sulfone groups is 1. The van der Waals surface area contributed by atoms with Crippen molar-refractivity contribution in [1.29, 1.82) is 0 Å². The van der Waals surface area contributed by atoms with Crippen LogP contribution >= 0.6 is 0 Å². The predicted octanol–water partition coefficient (Wildman–Crippen LogP) is 1.01. The minimum atomic E-state index is -3.08. The number of rotatable bonds is 4. The summed E-state index contributed by atoms with van der Waals surface area (Å²) in [6.45, 7) is 0.236. The Morgan fingerprint density at radius 1 is 1.24 bits per heavy atom. The van der Waals surface area contributed by atoms with Crippen LogP contribution in [0, 0.1) is 5.82 Å². The van der Waals surface area contributed by atoms with Gasteiger partial charge in [-0.1, -0.05) is 12.1 Å². The molecule has 136 valence electrons. The van der Waals surface area contributed by atoms with Crippen molar-refractivity contribution in [3.8, 4) is 0 Å². The van der Waals surface area contributed by atoms with E-state index in [1.54, 1.807) is 12.1 Å². The lowest BCUT2D eigenvalue weighted by Gasteiger charge is -2.35. The van der Waals surface area contributed by atoms with E-state index in [2.05, 4.69) is 5.32 Å². The zero-order valence-corrected chi connectivity index (χ0v) is 14.6. The van der Waals surface area contributed by atoms with Gasteiger partial charge in [0.05, 0.1) is 11.5 Å². The fourth-order valence-corrected chi connectivity index (χ4v) is 5.06. The normalized spacial score (nSPS) is 25.8. The zero-order valence-electron chi connectivity index (χ0n) is 13.8. The summed E-state index contributed by atoms with van der Waals surface area (Å²) in [6.07, 6.45) is 1.95. The summed E-state index contributed by atoms with van der Waals surface area (Å²) in [5.41, 5.74) is 0.748. The maximum Gasteiger partial charge on any atom is 0.243 e. The Labute approximate surface area is 146 Å². The molecule has 2 amide bonds. The largest absolute Gasteiger partial charge is 0.351 e. The van der Waals surface area contributed by atoms with Gasteiger partial charge in [-0.05, 0) is 37.0 Å². The van der Waals surface area contributed by atoms with Gasteiger partial charge in [0.2, 0.25) is 11.8 Å². The number of carbonyl (C=O) groups is 2. The van der Waals surface area contributed by atoms with Crippen molar-refractivity contribution >= 4 is 21.7 Å². The van der Waals surface area contributed by atoms with Crippen LogP contribution in [0.4, 0.5) is 4.39 Å². The summed E-state index contributed by atoms with van der Waals surface area (Å²) in [5, 5.41) is 2.78. The number of hydrogen-bond donors (Lipinski definition) is 1. The minimum Gasteiger partial charge on any atom is -0.351 e. The molecule has 2 fully saturated rings. The predicted molar refractivity (Wildman–Crippen MR) is 89.8 cm³/mol. The van der Waals surface area contributed by atoms with E-state index in [1.807, 2.05) is 0 Å². The quantitative estimate of drug-likeness (QED) is 0.860. The standard InChI is InChI=1S/C17H21FN2O4S/c18-13-6-4-12(5-7-13)10-20-15(2-1-3-16(20)21)17(22)19-14-8-9-25(23,24)11-14/h4-7,14-15H,1-3,8-11H2,(H,19,22). The minimum absolute atomic E-state index is 0.0443. The number of benzene rings is 1. The van der Waals surface area contributed by atoms with E-state index < -0.39 is 15.9 Å². The summed E-state index contributed by atoms with van der Waals surface area (Å²) >= 11 is 0. The van der Waals surface area contributed by atoms with Gasteiger partial charge in [-0.25, -0.2) is 12.8 Å². The van der Waals surface area contributed by atoms with Crippen LogP contribution in [0.2, 0.25) is 0 Å². The van der Waals surface area contributed by atoms with Gasteiger partial charge < -0.3 is 10.2 Å². The number of carbonyl (C=O) groups excluding carboxylic acids is 2. The molecule has 8 heteroatoms. The van der Waals surface area contributed by atoms with Gasteiger partial charge in [0.25, 0.3) is 0 Å². The van der Waals surface area contributed by atoms with Crippen molar-refractivity contribution in [2.24, 2.45) is 0 Å². The number of nitrogens with one attached hydrogen (secondary N) is 1. The Morgan fingerprint density at radius 2 is 1.96 bits per heavy atom. The third-order valence-electron chi connectivity index (χ3n) is 4.71. The molecule has 1 aromatic carbocycles. The molecule has 25 heavy (non-hydrogen) atoms. The van der Waals surface area contributed by atoms with Crippen molar-refractivity contribution < 1.29 is 22.4 Å². The first-order valence-corrected chi connectivity index (χ1v) is 10.2. The van der Waals surface area contributed by atoms with E-state index in [4.69, 9.17) is 0 Å². The summed E-state index contributed by atoms with van der Waals surface area (Å²) in [6, 6.07) is 4.83. The first-order chi connectivity index (χ1) is 11.8. The van der Waals surface area contributed by atoms with Crippen LogP contribution in [0.3, 0.4) is 0 Å². The monoisotopic (exact) mass is 368 g/mol. The lowest BCUT2D eigenvalue weighted by Crippen LogP contribution is -2.53. The number of nitrogens with zero attached hydrogens (tertiary/aromatic N) is 1. The first-order valence-electron chi connectivity index (χ1n) is 8.39. The molecule has 1 aromatic rings. The molecular weight excluding hydrogens is 347 g/mol. The van der Waals surface area contributed by atoms with Crippen molar-refractivity contribution in [3.05, 3.63) is 35.6 Å². The second-order valence-corrected chi connectivity index (χ2v) is 8.89. The zero-order chi connectivity index (χ0) is 18.0. The van der Waals surface area contributed by atoms with Gasteiger partial charge in [0.15, 0.2) is 9.84 Å². The molecule has 2 aliphatic rings. The lowest BCUT2D eigenvalue weighted by molar-refractivity contribution is -0.144. The van der Waals surface area contributed by atoms with Crippen LogP contribution in [-0.2, 0) is 26.0 Å². The molecule has 0 bridgehead atoms. The van der Waals surface area contributed by atoms with Crippen molar-refractivity contribution in [2.45, 2.75) is 44.3 Å². The Balaban J connectivity index is 1.69. The van der Waals surface area contributed by atoms with E-state index >= 15 is 0 Å². The molecule has 0 aliphatic carbocycles. The number of halogens is 1. The van der Waals surface area contributed by atoms with Crippen LogP contribution < -0.4 is 5.32 Å². The highest BCUT2D eigenvalue weighted by Crippen LogP contribution is 2.22. The summed E-state index contributed by atoms with van der Waals surface area (Å²) in [7, 11) is -3.08. The lowest BCUT2D eigenvalue weighted by atomic mass is 9.99. The highest BCUT2D eigenvalue weighted by atomic mass is 32.2. The summed E-state index contributed by atoms with van der Waals surface area (Å²) in [4.78, 5) is 26.4. The third kappa shape index (κ3) is 4.36. The molecule has 2 aliphatic heterocycles. The molecule has 1 N–H and O–H groups in total. The molecule has 0 saturated carbocycles. The van der Waals surface area contributed by atoms with E-state index in [9.17, 15) is 22.4 Å². The van der Waals surface area contributed by atoms with Gasteiger partial charge >= 0.3 is 0 Å². The van der Waals surface area contributed by atoms with Gasteiger partial charge in [-0.15, -0.1) is 0 Å². The molecule has 0 spiro atoms. The van der Waals surface area contributed by atoms with Gasteiger partial charge in [0.1, 0.15) is 11.9 Å². The van der Waals surface area contributed by atoms with Crippen LogP contribution in [0.15, 0.2) is 24.3 Å². The van der Waals surface area contributed by atoms with Crippen LogP contribution in [0.1, 0.15) is 31.2 Å². The topological polar surface area (TPSA) is 83.5 Å². The Hall–Kier alpha value is -1.96. The van der Waals surface area contributed by atoms with Crippen molar-refractivity contribution in [1.82, 2.24) is 10.2 Å². The molecule has 6 nitrogen and oxygen atoms in total. The Morgan fingerprint density at radius 3 is 2.60 bits per heavy atom. The van der Waals surface area contributed by atoms with Crippen molar-refractivity contribution in [2.75, 3.05) is 11.5 Å².